The van der Waals surface area contributed by atoms with Crippen molar-refractivity contribution in [2.45, 2.75) is 26.4 Å². The number of para-hydroxylation sites is 1. The van der Waals surface area contributed by atoms with Gasteiger partial charge >= 0.3 is 6.09 Å². The Labute approximate surface area is 163 Å². The second-order valence-corrected chi connectivity index (χ2v) is 7.84. The van der Waals surface area contributed by atoms with E-state index in [0.29, 0.717) is 32.1 Å². The highest BCUT2D eigenvalue weighted by Gasteiger charge is 2.27. The van der Waals surface area contributed by atoms with Gasteiger partial charge in [-0.15, -0.1) is 0 Å². The van der Waals surface area contributed by atoms with E-state index in [0.717, 1.165) is 22.2 Å². The molecule has 0 aliphatic carbocycles. The van der Waals surface area contributed by atoms with E-state index >= 15 is 0 Å². The second kappa shape index (κ2) is 7.14. The Morgan fingerprint density at radius 1 is 1.11 bits per heavy atom. The SMILES string of the molecule is CC(C)(C)OC(=O)N1CCN(c2nccc(-c3coc4ccccc34)n2)CC1. The van der Waals surface area contributed by atoms with Crippen LogP contribution in [-0.4, -0.2) is 52.7 Å². The van der Waals surface area contributed by atoms with Crippen molar-refractivity contribution in [3.8, 4) is 11.3 Å². The minimum atomic E-state index is -0.487. The lowest BCUT2D eigenvalue weighted by atomic mass is 10.1. The summed E-state index contributed by atoms with van der Waals surface area (Å²) in [5, 5.41) is 1.03. The van der Waals surface area contributed by atoms with E-state index in [9.17, 15) is 4.79 Å². The van der Waals surface area contributed by atoms with E-state index in [2.05, 4.69) is 9.88 Å². The highest BCUT2D eigenvalue weighted by atomic mass is 16.6. The molecule has 2 aromatic heterocycles. The average Bonchev–Trinajstić information content (AvgIpc) is 3.11. The van der Waals surface area contributed by atoms with Crippen LogP contribution in [-0.2, 0) is 4.74 Å². The van der Waals surface area contributed by atoms with Gasteiger partial charge in [0, 0.05) is 43.3 Å². The molecule has 0 bridgehead atoms. The molecule has 0 saturated carbocycles. The zero-order valence-electron chi connectivity index (χ0n) is 16.4. The first-order valence-corrected chi connectivity index (χ1v) is 9.43. The van der Waals surface area contributed by atoms with Crippen LogP contribution in [0.4, 0.5) is 10.7 Å². The molecular formula is C21H24N4O3. The van der Waals surface area contributed by atoms with Gasteiger partial charge in [0.1, 0.15) is 17.4 Å². The van der Waals surface area contributed by atoms with Crippen LogP contribution in [0.15, 0.2) is 47.2 Å². The summed E-state index contributed by atoms with van der Waals surface area (Å²) in [6, 6.07) is 9.79. The molecule has 0 N–H and O–H groups in total. The van der Waals surface area contributed by atoms with Crippen LogP contribution in [0, 0.1) is 0 Å². The zero-order valence-corrected chi connectivity index (χ0v) is 16.4. The first-order chi connectivity index (χ1) is 13.4. The zero-order chi connectivity index (χ0) is 19.7. The van der Waals surface area contributed by atoms with Gasteiger partial charge in [-0.25, -0.2) is 14.8 Å². The third kappa shape index (κ3) is 3.78. The summed E-state index contributed by atoms with van der Waals surface area (Å²) < 4.78 is 11.1. The number of piperazine rings is 1. The first-order valence-electron chi connectivity index (χ1n) is 9.43. The van der Waals surface area contributed by atoms with E-state index in [1.807, 2.05) is 51.1 Å². The van der Waals surface area contributed by atoms with Crippen molar-refractivity contribution in [3.05, 3.63) is 42.8 Å². The van der Waals surface area contributed by atoms with Gasteiger partial charge in [-0.1, -0.05) is 18.2 Å². The van der Waals surface area contributed by atoms with Gasteiger partial charge in [0.05, 0.1) is 5.69 Å². The molecule has 3 heterocycles. The van der Waals surface area contributed by atoms with Crippen molar-refractivity contribution in [2.24, 2.45) is 0 Å². The third-order valence-electron chi connectivity index (χ3n) is 4.61. The maximum Gasteiger partial charge on any atom is 0.410 e. The van der Waals surface area contributed by atoms with Gasteiger partial charge in [0.15, 0.2) is 0 Å². The van der Waals surface area contributed by atoms with Crippen molar-refractivity contribution in [3.63, 3.8) is 0 Å². The Bertz CT molecular complexity index is 984. The molecule has 1 aromatic carbocycles. The molecule has 7 nitrogen and oxygen atoms in total. The second-order valence-electron chi connectivity index (χ2n) is 7.84. The number of carbonyl (C=O) groups is 1. The highest BCUT2D eigenvalue weighted by molar-refractivity contribution is 5.92. The molecular weight excluding hydrogens is 356 g/mol. The molecule has 3 aromatic rings. The summed E-state index contributed by atoms with van der Waals surface area (Å²) >= 11 is 0. The van der Waals surface area contributed by atoms with Crippen molar-refractivity contribution in [1.29, 1.82) is 0 Å². The van der Waals surface area contributed by atoms with E-state index in [4.69, 9.17) is 14.1 Å². The van der Waals surface area contributed by atoms with Crippen molar-refractivity contribution >= 4 is 23.0 Å². The Morgan fingerprint density at radius 3 is 2.61 bits per heavy atom. The minimum Gasteiger partial charge on any atom is -0.464 e. The Kier molecular flexibility index (Phi) is 4.66. The quantitative estimate of drug-likeness (QED) is 0.670. The maximum absolute atomic E-state index is 12.2. The molecule has 0 radical (unpaired) electrons. The molecule has 0 unspecified atom stereocenters. The van der Waals surface area contributed by atoms with Gasteiger partial charge in [-0.3, -0.25) is 0 Å². The van der Waals surface area contributed by atoms with Gasteiger partial charge < -0.3 is 19.0 Å². The predicted molar refractivity (Wildman–Crippen MR) is 107 cm³/mol. The van der Waals surface area contributed by atoms with Gasteiger partial charge in [-0.2, -0.15) is 0 Å². The van der Waals surface area contributed by atoms with Gasteiger partial charge in [0.25, 0.3) is 0 Å². The lowest BCUT2D eigenvalue weighted by molar-refractivity contribution is 0.0240. The molecule has 0 spiro atoms. The number of anilines is 1. The smallest absolute Gasteiger partial charge is 0.410 e. The number of carbonyl (C=O) groups excluding carboxylic acids is 1. The molecule has 1 saturated heterocycles. The molecule has 0 atom stereocenters. The third-order valence-corrected chi connectivity index (χ3v) is 4.61. The number of nitrogens with zero attached hydrogens (tertiary/aromatic N) is 4. The molecule has 1 aliphatic rings. The molecule has 1 aliphatic heterocycles. The fourth-order valence-corrected chi connectivity index (χ4v) is 3.24. The summed E-state index contributed by atoms with van der Waals surface area (Å²) in [4.78, 5) is 25.2. The van der Waals surface area contributed by atoms with E-state index in [1.165, 1.54) is 0 Å². The molecule has 28 heavy (non-hydrogen) atoms. The normalized spacial score (nSPS) is 15.1. The number of aromatic nitrogens is 2. The predicted octanol–water partition coefficient (Wildman–Crippen LogP) is 3.95. The van der Waals surface area contributed by atoms with E-state index in [1.54, 1.807) is 17.4 Å². The van der Waals surface area contributed by atoms with Crippen LogP contribution in [0.2, 0.25) is 0 Å². The van der Waals surface area contributed by atoms with Crippen molar-refractivity contribution in [2.75, 3.05) is 31.1 Å². The fraction of sp³-hybridized carbons (Fsp3) is 0.381. The van der Waals surface area contributed by atoms with Crippen molar-refractivity contribution in [1.82, 2.24) is 14.9 Å². The largest absolute Gasteiger partial charge is 0.464 e. The van der Waals surface area contributed by atoms with E-state index in [-0.39, 0.29) is 6.09 Å². The lowest BCUT2D eigenvalue weighted by Gasteiger charge is -2.35. The van der Waals surface area contributed by atoms with Crippen LogP contribution < -0.4 is 4.90 Å². The summed E-state index contributed by atoms with van der Waals surface area (Å²) in [6.07, 6.45) is 3.23. The number of rotatable bonds is 2. The Balaban J connectivity index is 1.48. The Morgan fingerprint density at radius 2 is 1.86 bits per heavy atom. The van der Waals surface area contributed by atoms with Gasteiger partial charge in [-0.05, 0) is 32.9 Å². The van der Waals surface area contributed by atoms with Crippen molar-refractivity contribution < 1.29 is 13.9 Å². The summed E-state index contributed by atoms with van der Waals surface area (Å²) in [7, 11) is 0. The molecule has 4 rings (SSSR count). The summed E-state index contributed by atoms with van der Waals surface area (Å²) in [6.45, 7) is 8.11. The first kappa shape index (κ1) is 18.3. The fourth-order valence-electron chi connectivity index (χ4n) is 3.24. The summed E-state index contributed by atoms with van der Waals surface area (Å²) in [5.41, 5.74) is 2.12. The average molecular weight is 380 g/mol. The standard InChI is InChI=1S/C21H24N4O3/c1-21(2,3)28-20(26)25-12-10-24(11-13-25)19-22-9-8-17(23-19)16-14-27-18-7-5-4-6-15(16)18/h4-9,14H,10-13H2,1-3H3. The number of furan rings is 1. The molecule has 1 fully saturated rings. The molecule has 7 heteroatoms. The molecule has 146 valence electrons. The van der Waals surface area contributed by atoms with Crippen LogP contribution in [0.3, 0.4) is 0 Å². The number of benzene rings is 1. The number of hydrogen-bond acceptors (Lipinski definition) is 6. The van der Waals surface area contributed by atoms with Crippen LogP contribution in [0.1, 0.15) is 20.8 Å². The maximum atomic E-state index is 12.2. The number of fused-ring (bicyclic) bond motifs is 1. The number of amides is 1. The lowest BCUT2D eigenvalue weighted by Crippen LogP contribution is -2.50. The number of hydrogen-bond donors (Lipinski definition) is 0. The van der Waals surface area contributed by atoms with Gasteiger partial charge in [0.2, 0.25) is 5.95 Å². The Hall–Kier alpha value is -3.09. The van der Waals surface area contributed by atoms with Crippen LogP contribution >= 0.6 is 0 Å². The minimum absolute atomic E-state index is 0.272. The monoisotopic (exact) mass is 380 g/mol. The van der Waals surface area contributed by atoms with Crippen LogP contribution in [0.25, 0.3) is 22.2 Å². The topological polar surface area (TPSA) is 71.7 Å². The summed E-state index contributed by atoms with van der Waals surface area (Å²) in [5.74, 6) is 0.659. The van der Waals surface area contributed by atoms with E-state index < -0.39 is 5.60 Å². The number of ether oxygens (including phenoxy) is 1. The molecule has 1 amide bonds. The highest BCUT2D eigenvalue weighted by Crippen LogP contribution is 2.29. The van der Waals surface area contributed by atoms with Crippen LogP contribution in [0.5, 0.6) is 0 Å².